The Morgan fingerprint density at radius 3 is 1.42 bits per heavy atom. The minimum Gasteiger partial charge on any atom is -0.465 e. The summed E-state index contributed by atoms with van der Waals surface area (Å²) in [6.07, 6.45) is -3.07. The molecular weight excluding hydrogens is 324 g/mol. The van der Waals surface area contributed by atoms with E-state index in [1.165, 1.54) is 0 Å². The number of hydrogen-bond donors (Lipinski definition) is 2. The third-order valence-electron chi connectivity index (χ3n) is 3.90. The van der Waals surface area contributed by atoms with Crippen molar-refractivity contribution in [1.29, 1.82) is 0 Å². The molecule has 2 aliphatic rings. The van der Waals surface area contributed by atoms with Crippen molar-refractivity contribution < 1.29 is 38.9 Å². The van der Waals surface area contributed by atoms with Crippen LogP contribution in [-0.4, -0.2) is 81.5 Å². The SMILES string of the molecule is C=CC(=O)N(C(=O)O)[C@@H]1CO[C@H]2[C@@H]1OC[C@H]2N(C(=O)O)C(=O)C=C. The van der Waals surface area contributed by atoms with E-state index in [2.05, 4.69) is 13.2 Å². The van der Waals surface area contributed by atoms with E-state index in [0.717, 1.165) is 12.2 Å². The summed E-state index contributed by atoms with van der Waals surface area (Å²) in [6.45, 7) is 6.14. The summed E-state index contributed by atoms with van der Waals surface area (Å²) in [5.74, 6) is -1.69. The van der Waals surface area contributed by atoms with Crippen LogP contribution in [0.3, 0.4) is 0 Å². The Morgan fingerprint density at radius 1 is 0.833 bits per heavy atom. The molecule has 2 aliphatic heterocycles. The van der Waals surface area contributed by atoms with Crippen molar-refractivity contribution in [2.24, 2.45) is 0 Å². The number of imide groups is 2. The molecule has 2 fully saturated rings. The lowest BCUT2D eigenvalue weighted by Gasteiger charge is -2.26. The van der Waals surface area contributed by atoms with Crippen molar-refractivity contribution in [2.75, 3.05) is 13.2 Å². The zero-order valence-electron chi connectivity index (χ0n) is 12.5. The van der Waals surface area contributed by atoms with Gasteiger partial charge in [0.15, 0.2) is 0 Å². The highest BCUT2D eigenvalue weighted by molar-refractivity contribution is 5.99. The van der Waals surface area contributed by atoms with Gasteiger partial charge in [0.25, 0.3) is 11.8 Å². The fourth-order valence-electron chi connectivity index (χ4n) is 2.90. The van der Waals surface area contributed by atoms with Gasteiger partial charge in [0.2, 0.25) is 0 Å². The molecular formula is C14H16N2O8. The molecule has 0 aliphatic carbocycles. The summed E-state index contributed by atoms with van der Waals surface area (Å²) in [7, 11) is 0. The first-order chi connectivity index (χ1) is 11.3. The number of carbonyl (C=O) groups excluding carboxylic acids is 2. The van der Waals surface area contributed by atoms with Crippen molar-refractivity contribution in [2.45, 2.75) is 24.3 Å². The van der Waals surface area contributed by atoms with Gasteiger partial charge in [-0.25, -0.2) is 19.4 Å². The molecule has 4 atom stereocenters. The number of hydrogen-bond acceptors (Lipinski definition) is 6. The van der Waals surface area contributed by atoms with Crippen molar-refractivity contribution >= 4 is 24.0 Å². The first-order valence-electron chi connectivity index (χ1n) is 6.93. The molecule has 2 N–H and O–H groups in total. The van der Waals surface area contributed by atoms with Crippen molar-refractivity contribution in [3.63, 3.8) is 0 Å². The topological polar surface area (TPSA) is 134 Å². The molecule has 0 saturated carbocycles. The summed E-state index contributed by atoms with van der Waals surface area (Å²) in [4.78, 5) is 47.2. The maximum Gasteiger partial charge on any atom is 0.414 e. The number of ether oxygens (including phenoxy) is 2. The average Bonchev–Trinajstić information content (AvgIpc) is 3.10. The molecule has 0 aromatic carbocycles. The normalized spacial score (nSPS) is 27.8. The van der Waals surface area contributed by atoms with Gasteiger partial charge < -0.3 is 19.7 Å². The van der Waals surface area contributed by atoms with Crippen LogP contribution in [0, 0.1) is 0 Å². The average molecular weight is 340 g/mol. The zero-order valence-corrected chi connectivity index (χ0v) is 12.5. The highest BCUT2D eigenvalue weighted by Gasteiger charge is 2.54. The molecule has 2 heterocycles. The first-order valence-corrected chi connectivity index (χ1v) is 6.93. The minimum atomic E-state index is -1.50. The van der Waals surface area contributed by atoms with Crippen LogP contribution in [0.5, 0.6) is 0 Å². The Labute approximate surface area is 136 Å². The van der Waals surface area contributed by atoms with Gasteiger partial charge in [-0.2, -0.15) is 0 Å². The fourth-order valence-corrected chi connectivity index (χ4v) is 2.90. The first kappa shape index (κ1) is 17.6. The molecule has 10 heteroatoms. The molecule has 0 radical (unpaired) electrons. The van der Waals surface area contributed by atoms with Gasteiger partial charge in [-0.1, -0.05) is 13.2 Å². The standard InChI is InChI=1S/C14H16N2O8/c1-3-9(17)15(13(19)20)7-5-23-12-8(6-24-11(7)12)16(14(21)22)10(18)4-2/h3-4,7-8,11-12H,1-2,5-6H2,(H,19,20)(H,21,22)/t7-,8-,11-,12-/m1/s1. The smallest absolute Gasteiger partial charge is 0.414 e. The Balaban J connectivity index is 2.25. The highest BCUT2D eigenvalue weighted by atomic mass is 16.6. The predicted octanol–water partition coefficient (Wildman–Crippen LogP) is -0.0936. The molecule has 0 aromatic rings. The lowest BCUT2D eigenvalue weighted by atomic mass is 10.0. The lowest BCUT2D eigenvalue weighted by molar-refractivity contribution is -0.127. The molecule has 10 nitrogen and oxygen atoms in total. The minimum absolute atomic E-state index is 0.173. The van der Waals surface area contributed by atoms with Gasteiger partial charge in [-0.05, 0) is 12.2 Å². The van der Waals surface area contributed by atoms with Crippen LogP contribution in [0.1, 0.15) is 0 Å². The molecule has 0 unspecified atom stereocenters. The van der Waals surface area contributed by atoms with Crippen LogP contribution in [0.2, 0.25) is 0 Å². The second-order valence-electron chi connectivity index (χ2n) is 5.12. The second-order valence-corrected chi connectivity index (χ2v) is 5.12. The van der Waals surface area contributed by atoms with Crippen molar-refractivity contribution in [3.05, 3.63) is 25.3 Å². The van der Waals surface area contributed by atoms with Gasteiger partial charge in [0, 0.05) is 0 Å². The molecule has 130 valence electrons. The quantitative estimate of drug-likeness (QED) is 0.678. The van der Waals surface area contributed by atoms with Crippen LogP contribution in [0.15, 0.2) is 25.3 Å². The number of carboxylic acid groups (broad SMARTS) is 2. The van der Waals surface area contributed by atoms with E-state index in [9.17, 15) is 29.4 Å². The van der Waals surface area contributed by atoms with Crippen LogP contribution in [-0.2, 0) is 19.1 Å². The number of rotatable bonds is 4. The molecule has 2 saturated heterocycles. The Bertz CT molecular complexity index is 552. The van der Waals surface area contributed by atoms with E-state index in [1.807, 2.05) is 0 Å². The highest BCUT2D eigenvalue weighted by Crippen LogP contribution is 2.33. The maximum atomic E-state index is 11.8. The van der Waals surface area contributed by atoms with E-state index in [4.69, 9.17) is 9.47 Å². The predicted molar refractivity (Wildman–Crippen MR) is 77.2 cm³/mol. The van der Waals surface area contributed by atoms with E-state index < -0.39 is 48.3 Å². The summed E-state index contributed by atoms with van der Waals surface area (Å²) in [6, 6.07) is -1.92. The second kappa shape index (κ2) is 6.81. The van der Waals surface area contributed by atoms with Gasteiger partial charge >= 0.3 is 12.2 Å². The van der Waals surface area contributed by atoms with Gasteiger partial charge in [0.1, 0.15) is 12.2 Å². The third kappa shape index (κ3) is 2.88. The Hall–Kier alpha value is -2.72. The number of amides is 4. The van der Waals surface area contributed by atoms with Crippen LogP contribution >= 0.6 is 0 Å². The summed E-state index contributed by atoms with van der Waals surface area (Å²) in [5, 5.41) is 18.4. The van der Waals surface area contributed by atoms with Gasteiger partial charge in [-0.3, -0.25) is 9.59 Å². The molecule has 0 bridgehead atoms. The Morgan fingerprint density at radius 2 is 1.17 bits per heavy atom. The number of nitrogens with zero attached hydrogens (tertiary/aromatic N) is 2. The lowest BCUT2D eigenvalue weighted by Crippen LogP contribution is -2.52. The van der Waals surface area contributed by atoms with Gasteiger partial charge in [-0.15, -0.1) is 0 Å². The van der Waals surface area contributed by atoms with E-state index in [1.54, 1.807) is 0 Å². The molecule has 0 aromatic heterocycles. The monoisotopic (exact) mass is 340 g/mol. The molecule has 4 amide bonds. The summed E-state index contributed by atoms with van der Waals surface area (Å²) in [5.41, 5.74) is 0. The fraction of sp³-hybridized carbons (Fsp3) is 0.429. The third-order valence-corrected chi connectivity index (χ3v) is 3.90. The summed E-state index contributed by atoms with van der Waals surface area (Å²) >= 11 is 0. The van der Waals surface area contributed by atoms with Crippen LogP contribution < -0.4 is 0 Å². The van der Waals surface area contributed by atoms with Crippen LogP contribution in [0.25, 0.3) is 0 Å². The molecule has 2 rings (SSSR count). The number of carbonyl (C=O) groups is 4. The Kier molecular flexibility index (Phi) is 5.00. The van der Waals surface area contributed by atoms with E-state index in [0.29, 0.717) is 9.80 Å². The largest absolute Gasteiger partial charge is 0.465 e. The van der Waals surface area contributed by atoms with E-state index in [-0.39, 0.29) is 13.2 Å². The maximum absolute atomic E-state index is 11.8. The number of fused-ring (bicyclic) bond motifs is 1. The zero-order chi connectivity index (χ0) is 18.0. The molecule has 24 heavy (non-hydrogen) atoms. The van der Waals surface area contributed by atoms with Gasteiger partial charge in [0.05, 0.1) is 25.3 Å². The van der Waals surface area contributed by atoms with Crippen LogP contribution in [0.4, 0.5) is 9.59 Å². The summed E-state index contributed by atoms with van der Waals surface area (Å²) < 4.78 is 10.9. The molecule has 0 spiro atoms. The van der Waals surface area contributed by atoms with Crippen molar-refractivity contribution in [3.8, 4) is 0 Å². The van der Waals surface area contributed by atoms with E-state index >= 15 is 0 Å². The van der Waals surface area contributed by atoms with Crippen molar-refractivity contribution in [1.82, 2.24) is 9.80 Å².